The standard InChI is InChI=1S/C21H16FN3O2/c22-16-7-5-14(6-8-16)19-13-24-21(27-19)10-9-20(26)25-17-11-15-3-1-2-4-18(15)23-12-17/h1-8,11-13H,9-10H2,(H,25,26). The molecule has 0 saturated heterocycles. The van der Waals surface area contributed by atoms with Crippen molar-refractivity contribution in [3.8, 4) is 11.3 Å². The molecule has 0 radical (unpaired) electrons. The second-order valence-electron chi connectivity index (χ2n) is 6.09. The van der Waals surface area contributed by atoms with Gasteiger partial charge in [-0.3, -0.25) is 9.78 Å². The Labute approximate surface area is 154 Å². The molecule has 134 valence electrons. The van der Waals surface area contributed by atoms with Crippen LogP contribution in [0.15, 0.2) is 71.4 Å². The van der Waals surface area contributed by atoms with Crippen LogP contribution in [0, 0.1) is 5.82 Å². The minimum absolute atomic E-state index is 0.145. The summed E-state index contributed by atoms with van der Waals surface area (Å²) in [4.78, 5) is 20.7. The van der Waals surface area contributed by atoms with Crippen molar-refractivity contribution < 1.29 is 13.6 Å². The molecule has 1 amide bonds. The van der Waals surface area contributed by atoms with E-state index in [9.17, 15) is 9.18 Å². The lowest BCUT2D eigenvalue weighted by atomic mass is 10.2. The predicted octanol–water partition coefficient (Wildman–Crippen LogP) is 4.60. The largest absolute Gasteiger partial charge is 0.441 e. The van der Waals surface area contributed by atoms with Gasteiger partial charge in [0.25, 0.3) is 0 Å². The monoisotopic (exact) mass is 361 g/mol. The lowest BCUT2D eigenvalue weighted by Gasteiger charge is -2.05. The molecule has 4 aromatic rings. The molecule has 0 aliphatic carbocycles. The number of amides is 1. The zero-order valence-electron chi connectivity index (χ0n) is 14.4. The summed E-state index contributed by atoms with van der Waals surface area (Å²) in [5.41, 5.74) is 2.27. The van der Waals surface area contributed by atoms with Gasteiger partial charge in [-0.2, -0.15) is 0 Å². The zero-order chi connectivity index (χ0) is 18.6. The van der Waals surface area contributed by atoms with E-state index in [0.717, 1.165) is 16.5 Å². The van der Waals surface area contributed by atoms with Gasteiger partial charge in [-0.25, -0.2) is 9.37 Å². The number of oxazole rings is 1. The first-order valence-electron chi connectivity index (χ1n) is 8.53. The first-order chi connectivity index (χ1) is 13.2. The smallest absolute Gasteiger partial charge is 0.224 e. The third-order valence-electron chi connectivity index (χ3n) is 4.12. The molecule has 0 bridgehead atoms. The quantitative estimate of drug-likeness (QED) is 0.564. The predicted molar refractivity (Wildman–Crippen MR) is 101 cm³/mol. The summed E-state index contributed by atoms with van der Waals surface area (Å²) in [6, 6.07) is 15.6. The van der Waals surface area contributed by atoms with Crippen molar-refractivity contribution >= 4 is 22.5 Å². The van der Waals surface area contributed by atoms with Crippen LogP contribution < -0.4 is 5.32 Å². The summed E-state index contributed by atoms with van der Waals surface area (Å²) in [7, 11) is 0. The normalized spacial score (nSPS) is 10.9. The molecule has 5 nitrogen and oxygen atoms in total. The Bertz CT molecular complexity index is 1090. The first-order valence-corrected chi connectivity index (χ1v) is 8.53. The molecule has 4 rings (SSSR count). The highest BCUT2D eigenvalue weighted by atomic mass is 19.1. The van der Waals surface area contributed by atoms with Crippen LogP contribution in [0.25, 0.3) is 22.2 Å². The second kappa shape index (κ2) is 7.37. The molecule has 0 aliphatic heterocycles. The Hall–Kier alpha value is -3.54. The second-order valence-corrected chi connectivity index (χ2v) is 6.09. The fourth-order valence-electron chi connectivity index (χ4n) is 2.76. The number of pyridine rings is 1. The number of carbonyl (C=O) groups excluding carboxylic acids is 1. The first kappa shape index (κ1) is 16.9. The fraction of sp³-hybridized carbons (Fsp3) is 0.0952. The van der Waals surface area contributed by atoms with Crippen LogP contribution in [0.3, 0.4) is 0 Å². The van der Waals surface area contributed by atoms with Crippen LogP contribution in [0.5, 0.6) is 0 Å². The van der Waals surface area contributed by atoms with E-state index in [4.69, 9.17) is 4.42 Å². The van der Waals surface area contributed by atoms with Gasteiger partial charge in [-0.1, -0.05) is 18.2 Å². The summed E-state index contributed by atoms with van der Waals surface area (Å²) < 4.78 is 18.6. The molecular formula is C21H16FN3O2. The molecule has 27 heavy (non-hydrogen) atoms. The number of aryl methyl sites for hydroxylation is 1. The molecule has 2 aromatic carbocycles. The molecule has 0 saturated carbocycles. The maximum atomic E-state index is 13.0. The number of carbonyl (C=O) groups is 1. The number of fused-ring (bicyclic) bond motifs is 1. The summed E-state index contributed by atoms with van der Waals surface area (Å²) >= 11 is 0. The number of para-hydroxylation sites is 1. The van der Waals surface area contributed by atoms with Crippen LogP contribution in [0.4, 0.5) is 10.1 Å². The molecule has 0 atom stereocenters. The van der Waals surface area contributed by atoms with E-state index in [-0.39, 0.29) is 18.1 Å². The van der Waals surface area contributed by atoms with Gasteiger partial charge in [-0.15, -0.1) is 0 Å². The third-order valence-corrected chi connectivity index (χ3v) is 4.12. The summed E-state index contributed by atoms with van der Waals surface area (Å²) in [5.74, 6) is 0.553. The number of hydrogen-bond donors (Lipinski definition) is 1. The Balaban J connectivity index is 1.37. The highest BCUT2D eigenvalue weighted by Crippen LogP contribution is 2.21. The van der Waals surface area contributed by atoms with Crippen molar-refractivity contribution in [1.82, 2.24) is 9.97 Å². The lowest BCUT2D eigenvalue weighted by Crippen LogP contribution is -2.12. The van der Waals surface area contributed by atoms with E-state index < -0.39 is 0 Å². The van der Waals surface area contributed by atoms with Gasteiger partial charge in [-0.05, 0) is 36.4 Å². The molecule has 0 aliphatic rings. The highest BCUT2D eigenvalue weighted by Gasteiger charge is 2.10. The summed E-state index contributed by atoms with van der Waals surface area (Å²) in [6.07, 6.45) is 3.82. The maximum absolute atomic E-state index is 13.0. The number of rotatable bonds is 5. The number of nitrogens with zero attached hydrogens (tertiary/aromatic N) is 2. The van der Waals surface area contributed by atoms with Crippen LogP contribution in [-0.2, 0) is 11.2 Å². The number of anilines is 1. The van der Waals surface area contributed by atoms with Crippen LogP contribution in [-0.4, -0.2) is 15.9 Å². The lowest BCUT2D eigenvalue weighted by molar-refractivity contribution is -0.116. The highest BCUT2D eigenvalue weighted by molar-refractivity contribution is 5.93. The van der Waals surface area contributed by atoms with E-state index in [1.807, 2.05) is 30.3 Å². The van der Waals surface area contributed by atoms with Crippen molar-refractivity contribution in [2.24, 2.45) is 0 Å². The summed E-state index contributed by atoms with van der Waals surface area (Å²) in [6.45, 7) is 0. The Kier molecular flexibility index (Phi) is 4.61. The van der Waals surface area contributed by atoms with Crippen molar-refractivity contribution in [2.75, 3.05) is 5.32 Å². The van der Waals surface area contributed by atoms with Gasteiger partial charge < -0.3 is 9.73 Å². The van der Waals surface area contributed by atoms with Gasteiger partial charge in [0.15, 0.2) is 11.7 Å². The van der Waals surface area contributed by atoms with Gasteiger partial charge in [0.05, 0.1) is 23.6 Å². The molecule has 0 unspecified atom stereocenters. The zero-order valence-corrected chi connectivity index (χ0v) is 14.4. The number of benzene rings is 2. The number of halogens is 1. The molecule has 1 N–H and O–H groups in total. The Morgan fingerprint density at radius 2 is 1.85 bits per heavy atom. The van der Waals surface area contributed by atoms with Gasteiger partial charge in [0.1, 0.15) is 5.82 Å². The molecular weight excluding hydrogens is 345 g/mol. The van der Waals surface area contributed by atoms with Crippen molar-refractivity contribution in [3.63, 3.8) is 0 Å². The van der Waals surface area contributed by atoms with E-state index in [2.05, 4.69) is 15.3 Å². The third kappa shape index (κ3) is 4.00. The SMILES string of the molecule is O=C(CCc1ncc(-c2ccc(F)cc2)o1)Nc1cnc2ccccc2c1. The average Bonchev–Trinajstić information content (AvgIpc) is 3.16. The number of nitrogens with one attached hydrogen (secondary N) is 1. The number of hydrogen-bond acceptors (Lipinski definition) is 4. The molecule has 0 spiro atoms. The van der Waals surface area contributed by atoms with E-state index in [1.54, 1.807) is 24.5 Å². The maximum Gasteiger partial charge on any atom is 0.224 e. The molecule has 2 heterocycles. The molecule has 0 fully saturated rings. The van der Waals surface area contributed by atoms with Crippen molar-refractivity contribution in [1.29, 1.82) is 0 Å². The Morgan fingerprint density at radius 3 is 2.70 bits per heavy atom. The fourth-order valence-corrected chi connectivity index (χ4v) is 2.76. The van der Waals surface area contributed by atoms with Gasteiger partial charge in [0, 0.05) is 23.8 Å². The van der Waals surface area contributed by atoms with E-state index in [1.165, 1.54) is 12.1 Å². The molecule has 6 heteroatoms. The van der Waals surface area contributed by atoms with Crippen LogP contribution >= 0.6 is 0 Å². The van der Waals surface area contributed by atoms with Gasteiger partial charge >= 0.3 is 0 Å². The molecule has 2 aromatic heterocycles. The Morgan fingerprint density at radius 1 is 1.04 bits per heavy atom. The number of aromatic nitrogens is 2. The van der Waals surface area contributed by atoms with E-state index in [0.29, 0.717) is 23.8 Å². The van der Waals surface area contributed by atoms with Crippen molar-refractivity contribution in [3.05, 3.63) is 78.7 Å². The van der Waals surface area contributed by atoms with Crippen LogP contribution in [0.2, 0.25) is 0 Å². The summed E-state index contributed by atoms with van der Waals surface area (Å²) in [5, 5.41) is 3.80. The van der Waals surface area contributed by atoms with E-state index >= 15 is 0 Å². The van der Waals surface area contributed by atoms with Gasteiger partial charge in [0.2, 0.25) is 5.91 Å². The minimum Gasteiger partial charge on any atom is -0.441 e. The van der Waals surface area contributed by atoms with Crippen molar-refractivity contribution in [2.45, 2.75) is 12.8 Å². The van der Waals surface area contributed by atoms with Crippen LogP contribution in [0.1, 0.15) is 12.3 Å². The topological polar surface area (TPSA) is 68.0 Å². The average molecular weight is 361 g/mol. The minimum atomic E-state index is -0.307.